The number of rotatable bonds is 7. The van der Waals surface area contributed by atoms with Crippen molar-refractivity contribution in [3.05, 3.63) is 0 Å². The molecule has 0 radical (unpaired) electrons. The van der Waals surface area contributed by atoms with Crippen LogP contribution in [0.3, 0.4) is 0 Å². The largest absolute Gasteiger partial charge is 0.393 e. The summed E-state index contributed by atoms with van der Waals surface area (Å²) in [5.41, 5.74) is 0. The highest BCUT2D eigenvalue weighted by Gasteiger charge is 2.06. The third-order valence-corrected chi connectivity index (χ3v) is 2.12. The summed E-state index contributed by atoms with van der Waals surface area (Å²) in [6.07, 6.45) is 4.94. The number of hydrogen-bond donors (Lipinski definition) is 2. The van der Waals surface area contributed by atoms with Gasteiger partial charge in [0.05, 0.1) is 6.10 Å². The van der Waals surface area contributed by atoms with Crippen molar-refractivity contribution in [1.29, 1.82) is 0 Å². The molecule has 3 nitrogen and oxygen atoms in total. The van der Waals surface area contributed by atoms with Gasteiger partial charge in [-0.05, 0) is 12.8 Å². The quantitative estimate of drug-likeness (QED) is 0.593. The summed E-state index contributed by atoms with van der Waals surface area (Å²) >= 11 is 0. The fraction of sp³-hybridized carbons (Fsp3) is 0.900. The van der Waals surface area contributed by atoms with Crippen molar-refractivity contribution >= 4 is 5.91 Å². The molecule has 1 unspecified atom stereocenters. The molecule has 0 aromatic heterocycles. The van der Waals surface area contributed by atoms with Gasteiger partial charge < -0.3 is 10.4 Å². The lowest BCUT2D eigenvalue weighted by molar-refractivity contribution is -0.121. The average molecular weight is 187 g/mol. The van der Waals surface area contributed by atoms with E-state index in [0.717, 1.165) is 19.3 Å². The lowest BCUT2D eigenvalue weighted by Gasteiger charge is -2.08. The van der Waals surface area contributed by atoms with Gasteiger partial charge in [0.1, 0.15) is 0 Å². The van der Waals surface area contributed by atoms with Crippen LogP contribution in [-0.2, 0) is 4.79 Å². The minimum Gasteiger partial charge on any atom is -0.393 e. The maximum atomic E-state index is 10.8. The Morgan fingerprint density at radius 2 is 2.08 bits per heavy atom. The fourth-order valence-electron chi connectivity index (χ4n) is 1.20. The smallest absolute Gasteiger partial charge is 0.219 e. The third kappa shape index (κ3) is 7.78. The van der Waals surface area contributed by atoms with Crippen molar-refractivity contribution in [3.8, 4) is 0 Å². The second kappa shape index (κ2) is 8.05. The topological polar surface area (TPSA) is 49.3 Å². The molecule has 2 N–H and O–H groups in total. The van der Waals surface area contributed by atoms with Gasteiger partial charge in [0.25, 0.3) is 0 Å². The molecule has 0 aliphatic carbocycles. The van der Waals surface area contributed by atoms with E-state index < -0.39 is 0 Å². The Morgan fingerprint density at radius 3 is 2.62 bits per heavy atom. The maximum absolute atomic E-state index is 10.8. The van der Waals surface area contributed by atoms with E-state index in [0.29, 0.717) is 12.8 Å². The number of aliphatic hydroxyl groups is 1. The van der Waals surface area contributed by atoms with Gasteiger partial charge in [-0.2, -0.15) is 0 Å². The first-order valence-corrected chi connectivity index (χ1v) is 5.09. The summed E-state index contributed by atoms with van der Waals surface area (Å²) in [5, 5.41) is 12.0. The molecule has 13 heavy (non-hydrogen) atoms. The highest BCUT2D eigenvalue weighted by atomic mass is 16.3. The van der Waals surface area contributed by atoms with Crippen LogP contribution in [0, 0.1) is 0 Å². The SMILES string of the molecule is CCCCCC(O)CCC(=O)NC. The van der Waals surface area contributed by atoms with Crippen molar-refractivity contribution in [3.63, 3.8) is 0 Å². The number of amides is 1. The highest BCUT2D eigenvalue weighted by molar-refractivity contribution is 5.75. The molecular formula is C10H21NO2. The number of carbonyl (C=O) groups excluding carboxylic acids is 1. The van der Waals surface area contributed by atoms with Gasteiger partial charge in [-0.1, -0.05) is 26.2 Å². The molecule has 0 aromatic rings. The summed E-state index contributed by atoms with van der Waals surface area (Å²) in [5.74, 6) is 0.00883. The summed E-state index contributed by atoms with van der Waals surface area (Å²) in [7, 11) is 1.62. The fourth-order valence-corrected chi connectivity index (χ4v) is 1.20. The van der Waals surface area contributed by atoms with E-state index in [2.05, 4.69) is 12.2 Å². The Kier molecular flexibility index (Phi) is 7.69. The summed E-state index contributed by atoms with van der Waals surface area (Å²) in [6, 6.07) is 0. The zero-order chi connectivity index (χ0) is 10.1. The first kappa shape index (κ1) is 12.4. The monoisotopic (exact) mass is 187 g/mol. The molecule has 0 fully saturated rings. The minimum absolute atomic E-state index is 0.00883. The molecule has 78 valence electrons. The van der Waals surface area contributed by atoms with E-state index in [1.807, 2.05) is 0 Å². The van der Waals surface area contributed by atoms with Crippen LogP contribution in [0.15, 0.2) is 0 Å². The second-order valence-electron chi connectivity index (χ2n) is 3.36. The first-order chi connectivity index (χ1) is 6.20. The van der Waals surface area contributed by atoms with E-state index in [9.17, 15) is 9.90 Å². The van der Waals surface area contributed by atoms with Gasteiger partial charge >= 0.3 is 0 Å². The van der Waals surface area contributed by atoms with Crippen molar-refractivity contribution in [2.24, 2.45) is 0 Å². The van der Waals surface area contributed by atoms with E-state index in [1.165, 1.54) is 6.42 Å². The molecule has 0 spiro atoms. The molecule has 1 atom stereocenters. The normalized spacial score (nSPS) is 12.5. The molecule has 0 aliphatic rings. The van der Waals surface area contributed by atoms with Crippen LogP contribution in [0.5, 0.6) is 0 Å². The van der Waals surface area contributed by atoms with Crippen molar-refractivity contribution in [2.45, 2.75) is 51.6 Å². The minimum atomic E-state index is -0.302. The van der Waals surface area contributed by atoms with Crippen LogP contribution in [0.2, 0.25) is 0 Å². The molecule has 0 saturated heterocycles. The van der Waals surface area contributed by atoms with Gasteiger partial charge in [0.15, 0.2) is 0 Å². The Balaban J connectivity index is 3.29. The Morgan fingerprint density at radius 1 is 1.38 bits per heavy atom. The van der Waals surface area contributed by atoms with Crippen molar-refractivity contribution in [1.82, 2.24) is 5.32 Å². The predicted octanol–water partition coefficient (Wildman–Crippen LogP) is 1.45. The number of nitrogens with one attached hydrogen (secondary N) is 1. The van der Waals surface area contributed by atoms with Gasteiger partial charge in [0, 0.05) is 13.5 Å². The van der Waals surface area contributed by atoms with E-state index in [-0.39, 0.29) is 12.0 Å². The summed E-state index contributed by atoms with van der Waals surface area (Å²) < 4.78 is 0. The predicted molar refractivity (Wildman–Crippen MR) is 53.4 cm³/mol. The number of aliphatic hydroxyl groups excluding tert-OH is 1. The van der Waals surface area contributed by atoms with Crippen LogP contribution in [0.25, 0.3) is 0 Å². The van der Waals surface area contributed by atoms with E-state index in [1.54, 1.807) is 7.05 Å². The maximum Gasteiger partial charge on any atom is 0.219 e. The molecule has 0 bridgehead atoms. The number of carbonyl (C=O) groups is 1. The van der Waals surface area contributed by atoms with Gasteiger partial charge in [-0.25, -0.2) is 0 Å². The zero-order valence-electron chi connectivity index (χ0n) is 8.68. The Hall–Kier alpha value is -0.570. The zero-order valence-corrected chi connectivity index (χ0v) is 8.68. The van der Waals surface area contributed by atoms with E-state index in [4.69, 9.17) is 0 Å². The molecule has 0 aliphatic heterocycles. The van der Waals surface area contributed by atoms with Crippen LogP contribution in [0.4, 0.5) is 0 Å². The summed E-state index contributed by atoms with van der Waals surface area (Å²) in [6.45, 7) is 2.14. The lowest BCUT2D eigenvalue weighted by atomic mass is 10.1. The molecule has 0 saturated carbocycles. The molecule has 0 rings (SSSR count). The highest BCUT2D eigenvalue weighted by Crippen LogP contribution is 2.07. The standard InChI is InChI=1S/C10H21NO2/c1-3-4-5-6-9(12)7-8-10(13)11-2/h9,12H,3-8H2,1-2H3,(H,11,13). The number of unbranched alkanes of at least 4 members (excludes halogenated alkanes) is 2. The van der Waals surface area contributed by atoms with Crippen LogP contribution >= 0.6 is 0 Å². The molecule has 1 amide bonds. The van der Waals surface area contributed by atoms with E-state index >= 15 is 0 Å². The first-order valence-electron chi connectivity index (χ1n) is 5.09. The van der Waals surface area contributed by atoms with Gasteiger partial charge in [0.2, 0.25) is 5.91 Å². The lowest BCUT2D eigenvalue weighted by Crippen LogP contribution is -2.19. The van der Waals surface area contributed by atoms with Crippen LogP contribution in [0.1, 0.15) is 45.4 Å². The molecule has 0 heterocycles. The molecule has 3 heteroatoms. The van der Waals surface area contributed by atoms with Crippen molar-refractivity contribution < 1.29 is 9.90 Å². The molecular weight excluding hydrogens is 166 g/mol. The van der Waals surface area contributed by atoms with Crippen molar-refractivity contribution in [2.75, 3.05) is 7.05 Å². The Labute approximate surface area is 80.5 Å². The molecule has 0 aromatic carbocycles. The van der Waals surface area contributed by atoms with Gasteiger partial charge in [-0.3, -0.25) is 4.79 Å². The van der Waals surface area contributed by atoms with Crippen LogP contribution in [-0.4, -0.2) is 24.2 Å². The second-order valence-corrected chi connectivity index (χ2v) is 3.36. The Bertz CT molecular complexity index is 137. The average Bonchev–Trinajstić information content (AvgIpc) is 2.14. The van der Waals surface area contributed by atoms with Gasteiger partial charge in [-0.15, -0.1) is 0 Å². The summed E-state index contributed by atoms with van der Waals surface area (Å²) in [4.78, 5) is 10.8. The van der Waals surface area contributed by atoms with Crippen LogP contribution < -0.4 is 5.32 Å². The third-order valence-electron chi connectivity index (χ3n) is 2.12. The number of hydrogen-bond acceptors (Lipinski definition) is 2.